The van der Waals surface area contributed by atoms with Crippen molar-refractivity contribution in [1.82, 2.24) is 19.5 Å². The van der Waals surface area contributed by atoms with Crippen molar-refractivity contribution in [2.75, 3.05) is 18.1 Å². The Bertz CT molecular complexity index is 666. The normalized spacial score (nSPS) is 19.9. The summed E-state index contributed by atoms with van der Waals surface area (Å²) in [5.41, 5.74) is 8.52. The summed E-state index contributed by atoms with van der Waals surface area (Å²) in [6.45, 7) is 2.33. The molecule has 1 saturated carbocycles. The highest BCUT2D eigenvalue weighted by atomic mass is 32.2. The number of nitrogens with zero attached hydrogens (tertiary/aromatic N) is 4. The molecule has 0 amide bonds. The summed E-state index contributed by atoms with van der Waals surface area (Å²) in [6.07, 6.45) is 5.72. The highest BCUT2D eigenvalue weighted by molar-refractivity contribution is 7.99. The number of imidazole rings is 1. The lowest BCUT2D eigenvalue weighted by atomic mass is 10.4. The van der Waals surface area contributed by atoms with Crippen LogP contribution in [0.2, 0.25) is 0 Å². The number of thioether (sulfide) groups is 1. The number of aliphatic hydroxyl groups is 1. The Labute approximate surface area is 121 Å². The van der Waals surface area contributed by atoms with E-state index in [-0.39, 0.29) is 12.6 Å². The monoisotopic (exact) mass is 291 g/mol. The zero-order chi connectivity index (χ0) is 14.1. The van der Waals surface area contributed by atoms with Gasteiger partial charge < -0.3 is 10.8 Å². The van der Waals surface area contributed by atoms with E-state index in [9.17, 15) is 0 Å². The maximum Gasteiger partial charge on any atom is 0.223 e. The van der Waals surface area contributed by atoms with Gasteiger partial charge in [-0.05, 0) is 24.2 Å². The molecule has 7 heteroatoms. The smallest absolute Gasteiger partial charge is 0.223 e. The fourth-order valence-corrected chi connectivity index (χ4v) is 2.88. The molecule has 1 fully saturated rings. The summed E-state index contributed by atoms with van der Waals surface area (Å²) in [7, 11) is 0. The van der Waals surface area contributed by atoms with E-state index in [0.717, 1.165) is 34.8 Å². The van der Waals surface area contributed by atoms with Gasteiger partial charge in [-0.3, -0.25) is 4.57 Å². The van der Waals surface area contributed by atoms with Crippen LogP contribution in [0.4, 0.5) is 5.95 Å². The van der Waals surface area contributed by atoms with E-state index < -0.39 is 0 Å². The van der Waals surface area contributed by atoms with Crippen molar-refractivity contribution in [2.24, 2.45) is 5.92 Å². The quantitative estimate of drug-likeness (QED) is 0.644. The number of hydrogen-bond donors (Lipinski definition) is 2. The van der Waals surface area contributed by atoms with Gasteiger partial charge in [0.2, 0.25) is 5.95 Å². The molecule has 1 aliphatic carbocycles. The lowest BCUT2D eigenvalue weighted by molar-refractivity contribution is 0.281. The van der Waals surface area contributed by atoms with Crippen LogP contribution in [0.15, 0.2) is 16.9 Å². The first-order valence-corrected chi connectivity index (χ1v) is 7.65. The largest absolute Gasteiger partial charge is 0.396 e. The zero-order valence-electron chi connectivity index (χ0n) is 11.3. The molecule has 3 N–H and O–H groups in total. The van der Waals surface area contributed by atoms with E-state index in [1.54, 1.807) is 18.1 Å². The van der Waals surface area contributed by atoms with E-state index in [2.05, 4.69) is 21.9 Å². The molecule has 0 spiro atoms. The number of rotatable bonds is 5. The van der Waals surface area contributed by atoms with Crippen LogP contribution < -0.4 is 5.73 Å². The molecule has 3 rings (SSSR count). The molecule has 106 valence electrons. The zero-order valence-corrected chi connectivity index (χ0v) is 12.1. The topological polar surface area (TPSA) is 89.9 Å². The molecule has 1 unspecified atom stereocenters. The van der Waals surface area contributed by atoms with Gasteiger partial charge in [-0.25, -0.2) is 9.97 Å². The fraction of sp³-hybridized carbons (Fsp3) is 0.462. The lowest BCUT2D eigenvalue weighted by Crippen LogP contribution is -1.99. The molecule has 2 aromatic heterocycles. The minimum atomic E-state index is 0.202. The average molecular weight is 291 g/mol. The second kappa shape index (κ2) is 5.41. The van der Waals surface area contributed by atoms with Crippen molar-refractivity contribution in [1.29, 1.82) is 0 Å². The van der Waals surface area contributed by atoms with Gasteiger partial charge in [0, 0.05) is 18.7 Å². The van der Waals surface area contributed by atoms with Gasteiger partial charge in [0.05, 0.1) is 0 Å². The van der Waals surface area contributed by atoms with Crippen molar-refractivity contribution in [2.45, 2.75) is 24.8 Å². The summed E-state index contributed by atoms with van der Waals surface area (Å²) in [5, 5.41) is 9.92. The van der Waals surface area contributed by atoms with Gasteiger partial charge in [0.15, 0.2) is 5.65 Å². The number of aliphatic hydroxyl groups excluding tert-OH is 1. The van der Waals surface area contributed by atoms with Crippen LogP contribution in [0, 0.1) is 5.92 Å². The highest BCUT2D eigenvalue weighted by Gasteiger charge is 2.29. The molecule has 1 aliphatic rings. The van der Waals surface area contributed by atoms with Crippen LogP contribution in [-0.4, -0.2) is 37.0 Å². The molecule has 0 saturated heterocycles. The molecule has 6 nitrogen and oxygen atoms in total. The fourth-order valence-electron chi connectivity index (χ4n) is 2.04. The molecule has 20 heavy (non-hydrogen) atoms. The number of nitrogens with two attached hydrogens (primary N) is 1. The van der Waals surface area contributed by atoms with Crippen LogP contribution in [0.25, 0.3) is 17.4 Å². The summed E-state index contributed by atoms with van der Waals surface area (Å²) in [5.74, 6) is 1.54. The van der Waals surface area contributed by atoms with E-state index >= 15 is 0 Å². The predicted octanol–water partition coefficient (Wildman–Crippen LogP) is 1.76. The Morgan fingerprint density at radius 1 is 1.55 bits per heavy atom. The highest BCUT2D eigenvalue weighted by Crippen LogP contribution is 2.38. The van der Waals surface area contributed by atoms with E-state index in [1.807, 2.05) is 10.8 Å². The summed E-state index contributed by atoms with van der Waals surface area (Å²) in [4.78, 5) is 13.0. The second-order valence-electron chi connectivity index (χ2n) is 4.85. The number of fused-ring (bicyclic) bond motifs is 1. The molecule has 1 atom stereocenters. The Kier molecular flexibility index (Phi) is 3.62. The standard InChI is InChI=1S/C13H17N5OS/c1-2-3-20-12-10-11(16-13(14)17-12)18(7-15-10)5-8-4-9(8)6-19/h5,7,9,19H,2-4,6H2,1H3,(H2,14,16,17). The number of nitrogen functional groups attached to an aromatic ring is 1. The minimum absolute atomic E-state index is 0.202. The Hall–Kier alpha value is -1.60. The van der Waals surface area contributed by atoms with Crippen molar-refractivity contribution in [3.05, 3.63) is 11.9 Å². The van der Waals surface area contributed by atoms with Crippen LogP contribution in [0.5, 0.6) is 0 Å². The van der Waals surface area contributed by atoms with Crippen LogP contribution in [0.1, 0.15) is 19.8 Å². The van der Waals surface area contributed by atoms with Crippen molar-refractivity contribution in [3.63, 3.8) is 0 Å². The van der Waals surface area contributed by atoms with Crippen molar-refractivity contribution >= 4 is 35.1 Å². The lowest BCUT2D eigenvalue weighted by Gasteiger charge is -2.02. The van der Waals surface area contributed by atoms with Crippen LogP contribution >= 0.6 is 11.8 Å². The second-order valence-corrected chi connectivity index (χ2v) is 5.93. The van der Waals surface area contributed by atoms with E-state index in [0.29, 0.717) is 5.92 Å². The molecule has 0 aromatic carbocycles. The summed E-state index contributed by atoms with van der Waals surface area (Å²) >= 11 is 1.65. The molecular weight excluding hydrogens is 274 g/mol. The molecule has 2 aromatic rings. The van der Waals surface area contributed by atoms with Gasteiger partial charge in [-0.2, -0.15) is 4.98 Å². The van der Waals surface area contributed by atoms with E-state index in [1.165, 1.54) is 5.57 Å². The van der Waals surface area contributed by atoms with Gasteiger partial charge >= 0.3 is 0 Å². The Morgan fingerprint density at radius 3 is 3.10 bits per heavy atom. The molecule has 0 bridgehead atoms. The van der Waals surface area contributed by atoms with Gasteiger partial charge in [0.1, 0.15) is 16.9 Å². The SMILES string of the molecule is CCCSc1nc(N)nc2c1ncn2C=C1CC1CO. The van der Waals surface area contributed by atoms with Crippen molar-refractivity contribution < 1.29 is 5.11 Å². The Balaban J connectivity index is 1.99. The third-order valence-electron chi connectivity index (χ3n) is 3.22. The van der Waals surface area contributed by atoms with Crippen LogP contribution in [-0.2, 0) is 0 Å². The first-order valence-electron chi connectivity index (χ1n) is 6.67. The third-order valence-corrected chi connectivity index (χ3v) is 4.39. The van der Waals surface area contributed by atoms with Gasteiger partial charge in [-0.15, -0.1) is 11.8 Å². The van der Waals surface area contributed by atoms with Crippen molar-refractivity contribution in [3.8, 4) is 0 Å². The van der Waals surface area contributed by atoms with Gasteiger partial charge in [0.25, 0.3) is 0 Å². The summed E-state index contributed by atoms with van der Waals surface area (Å²) in [6, 6.07) is 0. The van der Waals surface area contributed by atoms with Crippen LogP contribution in [0.3, 0.4) is 0 Å². The first-order chi connectivity index (χ1) is 9.72. The number of hydrogen-bond acceptors (Lipinski definition) is 6. The molecule has 0 radical (unpaired) electrons. The maximum atomic E-state index is 9.09. The number of aromatic nitrogens is 4. The minimum Gasteiger partial charge on any atom is -0.396 e. The average Bonchev–Trinajstić information content (AvgIpc) is 3.08. The third kappa shape index (κ3) is 2.51. The molecular formula is C13H17N5OS. The first kappa shape index (κ1) is 13.4. The Morgan fingerprint density at radius 2 is 2.40 bits per heavy atom. The molecule has 0 aliphatic heterocycles. The number of anilines is 1. The maximum absolute atomic E-state index is 9.09. The van der Waals surface area contributed by atoms with Gasteiger partial charge in [-0.1, -0.05) is 6.92 Å². The predicted molar refractivity (Wildman–Crippen MR) is 80.2 cm³/mol. The van der Waals surface area contributed by atoms with E-state index in [4.69, 9.17) is 10.8 Å². The summed E-state index contributed by atoms with van der Waals surface area (Å²) < 4.78 is 1.87. The molecule has 2 heterocycles.